The zero-order valence-electron chi connectivity index (χ0n) is 43.8. The van der Waals surface area contributed by atoms with Crippen molar-refractivity contribution in [2.45, 2.75) is 151 Å². The maximum atomic E-state index is 2.77. The summed E-state index contributed by atoms with van der Waals surface area (Å²) in [6, 6.07) is 72.1. The summed E-state index contributed by atoms with van der Waals surface area (Å²) in [7, 11) is -1.63. The molecule has 6 heteroatoms. The number of nitrogens with zero attached hydrogens (tertiary/aromatic N) is 2. The molecule has 4 saturated carbocycles. The summed E-state index contributed by atoms with van der Waals surface area (Å²) in [5.41, 5.74) is 9.76. The van der Waals surface area contributed by atoms with Crippen LogP contribution in [0.15, 0.2) is 207 Å². The highest BCUT2D eigenvalue weighted by atomic mass is 31.1. The Morgan fingerprint density at radius 2 is 0.568 bits per heavy atom. The number of benzene rings is 6. The van der Waals surface area contributed by atoms with Crippen LogP contribution in [-0.4, -0.2) is 31.8 Å². The normalized spacial score (nSPS) is 17.5. The molecule has 74 heavy (non-hydrogen) atoms. The summed E-state index contributed by atoms with van der Waals surface area (Å²) in [5, 5.41) is 8.57. The lowest BCUT2D eigenvalue weighted by atomic mass is 9.99. The van der Waals surface area contributed by atoms with Gasteiger partial charge in [-0.25, -0.2) is 0 Å². The van der Waals surface area contributed by atoms with Crippen molar-refractivity contribution < 1.29 is 0 Å². The molecule has 2 heterocycles. The van der Waals surface area contributed by atoms with Crippen LogP contribution in [0.1, 0.15) is 128 Å². The Labute approximate surface area is 449 Å². The second-order valence-electron chi connectivity index (χ2n) is 21.4. The first-order valence-corrected chi connectivity index (χ1v) is 34.3. The van der Waals surface area contributed by atoms with E-state index in [-0.39, 0.29) is 15.8 Å². The molecule has 0 bridgehead atoms. The molecule has 6 aromatic carbocycles. The summed E-state index contributed by atoms with van der Waals surface area (Å²) < 4.78 is 5.20. The summed E-state index contributed by atoms with van der Waals surface area (Å²) >= 11 is 0. The van der Waals surface area contributed by atoms with Gasteiger partial charge in [-0.1, -0.05) is 251 Å². The summed E-state index contributed by atoms with van der Waals surface area (Å²) in [4.78, 5) is 0. The second kappa shape index (κ2) is 26.1. The van der Waals surface area contributed by atoms with E-state index in [4.69, 9.17) is 0 Å². The molecule has 0 saturated heterocycles. The molecule has 2 aromatic heterocycles. The van der Waals surface area contributed by atoms with Crippen molar-refractivity contribution in [1.82, 2.24) is 9.13 Å². The molecule has 4 fully saturated rings. The Balaban J connectivity index is 0.000000159. The minimum atomic E-state index is -0.725. The van der Waals surface area contributed by atoms with Crippen LogP contribution < -0.4 is 42.7 Å². The van der Waals surface area contributed by atoms with Crippen LogP contribution in [0.2, 0.25) is 0 Å². The van der Waals surface area contributed by atoms with Gasteiger partial charge < -0.3 is 9.13 Å². The molecule has 0 radical (unpaired) electrons. The van der Waals surface area contributed by atoms with E-state index in [1.165, 1.54) is 166 Å². The first-order valence-electron chi connectivity index (χ1n) is 28.7. The minimum Gasteiger partial charge on any atom is -0.316 e. The third kappa shape index (κ3) is 12.1. The van der Waals surface area contributed by atoms with Gasteiger partial charge in [-0.05, 0) is 140 Å². The fourth-order valence-corrected chi connectivity index (χ4v) is 25.9. The largest absolute Gasteiger partial charge is 0.316 e. The standard InChI is InChI=1S/C34H51NP2.C34H27NP2/c2*1-5-16-28(17-6-1)36(29-18-7-2-8-19-29)33-25-14-13-24-32(33)35-27-15-26-34(35)37(30-20-9-3-10-21-30)31-22-11-4-12-23-31/h13-15,24-31H,1-12,16-23H2;1-27H. The van der Waals surface area contributed by atoms with Crippen LogP contribution in [0.25, 0.3) is 11.4 Å². The fourth-order valence-electron chi connectivity index (χ4n) is 13.2. The zero-order chi connectivity index (χ0) is 49.7. The van der Waals surface area contributed by atoms with Crippen molar-refractivity contribution in [2.75, 3.05) is 0 Å². The van der Waals surface area contributed by atoms with E-state index in [1.54, 1.807) is 16.4 Å². The first-order chi connectivity index (χ1) is 36.8. The number of aromatic nitrogens is 2. The Bertz CT molecular complexity index is 2790. The Morgan fingerprint density at radius 1 is 0.257 bits per heavy atom. The fraction of sp³-hybridized carbons (Fsp3) is 0.353. The van der Waals surface area contributed by atoms with E-state index < -0.39 is 15.8 Å². The molecule has 12 rings (SSSR count). The average Bonchev–Trinajstić information content (AvgIpc) is 4.17. The van der Waals surface area contributed by atoms with E-state index >= 15 is 0 Å². The van der Waals surface area contributed by atoms with Crippen molar-refractivity contribution >= 4 is 74.4 Å². The van der Waals surface area contributed by atoms with Crippen LogP contribution in [0.4, 0.5) is 0 Å². The van der Waals surface area contributed by atoms with Gasteiger partial charge in [0, 0.05) is 36.4 Å². The molecule has 4 aliphatic rings. The highest BCUT2D eigenvalue weighted by molar-refractivity contribution is 7.80. The Hall–Kier alpha value is -4.40. The minimum absolute atomic E-state index is 0.0899. The number of para-hydroxylation sites is 2. The van der Waals surface area contributed by atoms with Gasteiger partial charge in [0.15, 0.2) is 0 Å². The number of hydrogen-bond acceptors (Lipinski definition) is 0. The lowest BCUT2D eigenvalue weighted by Gasteiger charge is -2.41. The van der Waals surface area contributed by atoms with Crippen LogP contribution in [0, 0.1) is 0 Å². The monoisotopic (exact) mass is 1050 g/mol. The third-order valence-electron chi connectivity index (χ3n) is 16.7. The van der Waals surface area contributed by atoms with E-state index in [0.717, 1.165) is 22.6 Å². The highest BCUT2D eigenvalue weighted by Gasteiger charge is 2.37. The molecule has 380 valence electrons. The van der Waals surface area contributed by atoms with Gasteiger partial charge in [0.05, 0.1) is 16.8 Å². The third-order valence-corrected chi connectivity index (χ3v) is 28.7. The van der Waals surface area contributed by atoms with Crippen molar-refractivity contribution in [1.29, 1.82) is 0 Å². The summed E-state index contributed by atoms with van der Waals surface area (Å²) in [5.74, 6) is 0. The Kier molecular flexibility index (Phi) is 18.2. The van der Waals surface area contributed by atoms with Crippen LogP contribution in [0.5, 0.6) is 0 Å². The first kappa shape index (κ1) is 51.7. The van der Waals surface area contributed by atoms with Crippen molar-refractivity contribution in [2.24, 2.45) is 0 Å². The van der Waals surface area contributed by atoms with E-state index in [1.807, 2.05) is 0 Å². The predicted molar refractivity (Wildman–Crippen MR) is 330 cm³/mol. The lowest BCUT2D eigenvalue weighted by molar-refractivity contribution is 0.486. The predicted octanol–water partition coefficient (Wildman–Crippen LogP) is 16.0. The molecule has 0 aliphatic heterocycles. The van der Waals surface area contributed by atoms with Crippen molar-refractivity contribution in [3.05, 3.63) is 207 Å². The summed E-state index contributed by atoms with van der Waals surface area (Å²) in [6.45, 7) is 0. The molecular weight excluding hydrogens is 969 g/mol. The number of rotatable bonds is 14. The van der Waals surface area contributed by atoms with Crippen LogP contribution in [0.3, 0.4) is 0 Å². The van der Waals surface area contributed by atoms with Gasteiger partial charge in [-0.15, -0.1) is 0 Å². The van der Waals surface area contributed by atoms with Gasteiger partial charge in [0.25, 0.3) is 0 Å². The zero-order valence-corrected chi connectivity index (χ0v) is 47.3. The van der Waals surface area contributed by atoms with E-state index in [9.17, 15) is 0 Å². The highest BCUT2D eigenvalue weighted by Crippen LogP contribution is 2.58. The van der Waals surface area contributed by atoms with Gasteiger partial charge in [0.2, 0.25) is 0 Å². The molecule has 0 unspecified atom stereocenters. The molecule has 0 N–H and O–H groups in total. The quantitative estimate of drug-likeness (QED) is 0.0961. The number of hydrogen-bond donors (Lipinski definition) is 0. The van der Waals surface area contributed by atoms with E-state index in [2.05, 4.69) is 216 Å². The maximum Gasteiger partial charge on any atom is 0.0549 e. The van der Waals surface area contributed by atoms with Gasteiger partial charge >= 0.3 is 0 Å². The molecule has 0 atom stereocenters. The molecule has 2 nitrogen and oxygen atoms in total. The SMILES string of the molecule is c1ccc(P(C2CCCCC2)C2CCCCC2)c(-n2cccc2P(C2CCCCC2)C2CCCCC2)c1.c1ccc(P(c2ccccc2)c2ccccc2-n2cccc2P(c2ccccc2)c2ccccc2)cc1. The lowest BCUT2D eigenvalue weighted by Crippen LogP contribution is -2.32. The molecular formula is C68H78N2P4. The van der Waals surface area contributed by atoms with Gasteiger partial charge in [-0.2, -0.15) is 0 Å². The maximum absolute atomic E-state index is 2.77. The molecule has 0 amide bonds. The Morgan fingerprint density at radius 3 is 0.986 bits per heavy atom. The van der Waals surface area contributed by atoms with Crippen molar-refractivity contribution in [3.8, 4) is 11.4 Å². The average molecular weight is 1050 g/mol. The topological polar surface area (TPSA) is 9.86 Å². The van der Waals surface area contributed by atoms with Crippen LogP contribution in [-0.2, 0) is 0 Å². The second-order valence-corrected chi connectivity index (χ2v) is 31.3. The smallest absolute Gasteiger partial charge is 0.0549 e. The van der Waals surface area contributed by atoms with Crippen molar-refractivity contribution in [3.63, 3.8) is 0 Å². The molecule has 0 spiro atoms. The molecule has 4 aliphatic carbocycles. The van der Waals surface area contributed by atoms with E-state index in [0.29, 0.717) is 0 Å². The summed E-state index contributed by atoms with van der Waals surface area (Å²) in [6.07, 6.45) is 34.3. The van der Waals surface area contributed by atoms with Gasteiger partial charge in [0.1, 0.15) is 0 Å². The molecule has 8 aromatic rings. The van der Waals surface area contributed by atoms with Crippen LogP contribution >= 0.6 is 31.7 Å². The van der Waals surface area contributed by atoms with Gasteiger partial charge in [-0.3, -0.25) is 0 Å².